The van der Waals surface area contributed by atoms with Gasteiger partial charge in [0.1, 0.15) is 5.82 Å². The van der Waals surface area contributed by atoms with Gasteiger partial charge >= 0.3 is 0 Å². The highest BCUT2D eigenvalue weighted by Crippen LogP contribution is 2.13. The summed E-state index contributed by atoms with van der Waals surface area (Å²) in [6.07, 6.45) is 7.39. The van der Waals surface area contributed by atoms with E-state index in [0.717, 1.165) is 25.5 Å². The molecule has 88 valence electrons. The maximum absolute atomic E-state index is 4.27. The van der Waals surface area contributed by atoms with Crippen LogP contribution in [0.2, 0.25) is 0 Å². The van der Waals surface area contributed by atoms with E-state index in [9.17, 15) is 0 Å². The van der Waals surface area contributed by atoms with Crippen LogP contribution in [0.3, 0.4) is 0 Å². The number of rotatable bonds is 3. The van der Waals surface area contributed by atoms with Crippen LogP contribution in [0.15, 0.2) is 18.5 Å². The predicted molar refractivity (Wildman–Crippen MR) is 64.0 cm³/mol. The predicted octanol–water partition coefficient (Wildman–Crippen LogP) is 1.05. The molecule has 1 aromatic heterocycles. The molecule has 0 aromatic carbocycles. The fourth-order valence-corrected chi connectivity index (χ4v) is 2.21. The first kappa shape index (κ1) is 11.5. The molecule has 4 heteroatoms. The third kappa shape index (κ3) is 3.25. The van der Waals surface area contributed by atoms with Gasteiger partial charge in [0.2, 0.25) is 0 Å². The van der Waals surface area contributed by atoms with Gasteiger partial charge in [-0.25, -0.2) is 9.97 Å². The van der Waals surface area contributed by atoms with Crippen LogP contribution in [0.1, 0.15) is 25.1 Å². The third-order valence-electron chi connectivity index (χ3n) is 3.18. The lowest BCUT2D eigenvalue weighted by Crippen LogP contribution is -2.32. The molecule has 0 spiro atoms. The SMILES string of the molecule is CN(Cc1ncccn1)C1CCCNCC1. The normalized spacial score (nSPS) is 22.0. The van der Waals surface area contributed by atoms with Crippen molar-refractivity contribution in [3.8, 4) is 0 Å². The van der Waals surface area contributed by atoms with Gasteiger partial charge in [-0.2, -0.15) is 0 Å². The van der Waals surface area contributed by atoms with E-state index in [2.05, 4.69) is 27.2 Å². The first-order valence-corrected chi connectivity index (χ1v) is 6.03. The van der Waals surface area contributed by atoms with Crippen molar-refractivity contribution in [1.82, 2.24) is 20.2 Å². The molecular formula is C12H20N4. The van der Waals surface area contributed by atoms with Crippen LogP contribution in [0, 0.1) is 0 Å². The average molecular weight is 220 g/mol. The second-order valence-electron chi connectivity index (χ2n) is 4.41. The van der Waals surface area contributed by atoms with E-state index in [1.54, 1.807) is 0 Å². The largest absolute Gasteiger partial charge is 0.317 e. The molecule has 16 heavy (non-hydrogen) atoms. The van der Waals surface area contributed by atoms with Crippen LogP contribution in [-0.2, 0) is 6.54 Å². The molecule has 2 heterocycles. The second kappa shape index (κ2) is 5.92. The Balaban J connectivity index is 1.89. The van der Waals surface area contributed by atoms with Crippen molar-refractivity contribution in [3.05, 3.63) is 24.3 Å². The zero-order valence-corrected chi connectivity index (χ0v) is 9.89. The average Bonchev–Trinajstić information content (AvgIpc) is 2.59. The quantitative estimate of drug-likeness (QED) is 0.826. The van der Waals surface area contributed by atoms with E-state index >= 15 is 0 Å². The van der Waals surface area contributed by atoms with Crippen molar-refractivity contribution >= 4 is 0 Å². The Morgan fingerprint density at radius 2 is 2.12 bits per heavy atom. The van der Waals surface area contributed by atoms with Gasteiger partial charge in [-0.05, 0) is 45.5 Å². The number of aromatic nitrogens is 2. The lowest BCUT2D eigenvalue weighted by molar-refractivity contribution is 0.211. The Kier molecular flexibility index (Phi) is 4.25. The van der Waals surface area contributed by atoms with Crippen LogP contribution in [0.5, 0.6) is 0 Å². The van der Waals surface area contributed by atoms with E-state index in [1.807, 2.05) is 18.5 Å². The lowest BCUT2D eigenvalue weighted by atomic mass is 10.1. The fraction of sp³-hybridized carbons (Fsp3) is 0.667. The van der Waals surface area contributed by atoms with Gasteiger partial charge < -0.3 is 5.32 Å². The van der Waals surface area contributed by atoms with Gasteiger partial charge in [-0.3, -0.25) is 4.90 Å². The van der Waals surface area contributed by atoms with Crippen LogP contribution >= 0.6 is 0 Å². The first-order valence-electron chi connectivity index (χ1n) is 6.03. The Bertz CT molecular complexity index is 293. The standard InChI is InChI=1S/C12H20N4/c1-16(10-12-14-7-3-8-15-12)11-4-2-6-13-9-5-11/h3,7-8,11,13H,2,4-6,9-10H2,1H3. The van der Waals surface area contributed by atoms with Crippen LogP contribution < -0.4 is 5.32 Å². The maximum Gasteiger partial charge on any atom is 0.142 e. The molecule has 0 bridgehead atoms. The van der Waals surface area contributed by atoms with Gasteiger partial charge in [-0.15, -0.1) is 0 Å². The summed E-state index contributed by atoms with van der Waals surface area (Å²) in [6, 6.07) is 2.53. The monoisotopic (exact) mass is 220 g/mol. The molecule has 2 rings (SSSR count). The van der Waals surface area contributed by atoms with Crippen molar-refractivity contribution in [3.63, 3.8) is 0 Å². The highest BCUT2D eigenvalue weighted by molar-refractivity contribution is 4.89. The minimum atomic E-state index is 0.666. The van der Waals surface area contributed by atoms with Gasteiger partial charge in [0, 0.05) is 18.4 Å². The summed E-state index contributed by atoms with van der Waals surface area (Å²) < 4.78 is 0. The number of hydrogen-bond donors (Lipinski definition) is 1. The fourth-order valence-electron chi connectivity index (χ4n) is 2.21. The molecule has 4 nitrogen and oxygen atoms in total. The molecule has 0 saturated carbocycles. The zero-order chi connectivity index (χ0) is 11.2. The summed E-state index contributed by atoms with van der Waals surface area (Å²) in [5, 5.41) is 3.44. The van der Waals surface area contributed by atoms with E-state index < -0.39 is 0 Å². The summed E-state index contributed by atoms with van der Waals surface area (Å²) in [7, 11) is 2.17. The molecular weight excluding hydrogens is 200 g/mol. The highest BCUT2D eigenvalue weighted by atomic mass is 15.2. The van der Waals surface area contributed by atoms with Crippen LogP contribution in [0.4, 0.5) is 0 Å². The minimum absolute atomic E-state index is 0.666. The molecule has 0 aliphatic carbocycles. The van der Waals surface area contributed by atoms with Gasteiger partial charge in [0.05, 0.1) is 6.54 Å². The molecule has 0 amide bonds. The third-order valence-corrected chi connectivity index (χ3v) is 3.18. The summed E-state index contributed by atoms with van der Waals surface area (Å²) in [5.74, 6) is 0.919. The van der Waals surface area contributed by atoms with Gasteiger partial charge in [-0.1, -0.05) is 0 Å². The van der Waals surface area contributed by atoms with Crippen molar-refractivity contribution in [1.29, 1.82) is 0 Å². The molecule has 0 radical (unpaired) electrons. The summed E-state index contributed by atoms with van der Waals surface area (Å²) in [5.41, 5.74) is 0. The smallest absolute Gasteiger partial charge is 0.142 e. The topological polar surface area (TPSA) is 41.1 Å². The van der Waals surface area contributed by atoms with Crippen LogP contribution in [0.25, 0.3) is 0 Å². The Morgan fingerprint density at radius 3 is 2.94 bits per heavy atom. The van der Waals surface area contributed by atoms with Crippen molar-refractivity contribution in [2.45, 2.75) is 31.8 Å². The van der Waals surface area contributed by atoms with Crippen molar-refractivity contribution in [2.75, 3.05) is 20.1 Å². The summed E-state index contributed by atoms with van der Waals surface area (Å²) in [4.78, 5) is 10.9. The van der Waals surface area contributed by atoms with E-state index in [0.29, 0.717) is 6.04 Å². The van der Waals surface area contributed by atoms with E-state index in [-0.39, 0.29) is 0 Å². The molecule has 1 N–H and O–H groups in total. The lowest BCUT2D eigenvalue weighted by Gasteiger charge is -2.25. The molecule has 1 unspecified atom stereocenters. The number of hydrogen-bond acceptors (Lipinski definition) is 4. The molecule has 1 atom stereocenters. The highest BCUT2D eigenvalue weighted by Gasteiger charge is 2.17. The molecule has 1 aliphatic heterocycles. The molecule has 1 aliphatic rings. The number of nitrogens with one attached hydrogen (secondary N) is 1. The molecule has 1 fully saturated rings. The molecule has 1 saturated heterocycles. The minimum Gasteiger partial charge on any atom is -0.317 e. The Hall–Kier alpha value is -1.00. The van der Waals surface area contributed by atoms with Crippen molar-refractivity contribution < 1.29 is 0 Å². The van der Waals surface area contributed by atoms with Crippen molar-refractivity contribution in [2.24, 2.45) is 0 Å². The number of nitrogens with zero attached hydrogens (tertiary/aromatic N) is 3. The maximum atomic E-state index is 4.27. The first-order chi connectivity index (χ1) is 7.86. The summed E-state index contributed by atoms with van der Waals surface area (Å²) >= 11 is 0. The summed E-state index contributed by atoms with van der Waals surface area (Å²) in [6.45, 7) is 3.14. The van der Waals surface area contributed by atoms with E-state index in [1.165, 1.54) is 19.3 Å². The van der Waals surface area contributed by atoms with E-state index in [4.69, 9.17) is 0 Å². The Labute approximate surface area is 97.1 Å². The van der Waals surface area contributed by atoms with Gasteiger partial charge in [0.25, 0.3) is 0 Å². The van der Waals surface area contributed by atoms with Gasteiger partial charge in [0.15, 0.2) is 0 Å². The second-order valence-corrected chi connectivity index (χ2v) is 4.41. The Morgan fingerprint density at radius 1 is 1.31 bits per heavy atom. The molecule has 1 aromatic rings. The van der Waals surface area contributed by atoms with Crippen LogP contribution in [-0.4, -0.2) is 41.0 Å². The zero-order valence-electron chi connectivity index (χ0n) is 9.89.